The van der Waals surface area contributed by atoms with Crippen molar-refractivity contribution >= 4 is 11.9 Å². The minimum Gasteiger partial charge on any atom is -0.481 e. The van der Waals surface area contributed by atoms with E-state index >= 15 is 0 Å². The minimum atomic E-state index is -0.912. The van der Waals surface area contributed by atoms with Gasteiger partial charge in [-0.3, -0.25) is 9.59 Å². The minimum absolute atomic E-state index is 0.0374. The number of hydrogen-bond donors (Lipinski definition) is 2. The van der Waals surface area contributed by atoms with Gasteiger partial charge in [0, 0.05) is 6.42 Å². The maximum atomic E-state index is 11.1. The second-order valence-corrected chi connectivity index (χ2v) is 2.53. The van der Waals surface area contributed by atoms with E-state index < -0.39 is 18.0 Å². The third-order valence-electron chi connectivity index (χ3n) is 1.57. The van der Waals surface area contributed by atoms with Crippen molar-refractivity contribution in [3.63, 3.8) is 0 Å². The Morgan fingerprint density at radius 2 is 2.15 bits per heavy atom. The maximum Gasteiger partial charge on any atom is 0.323 e. The standard InChI is InChI=1S/C8H15NO4/c1-3-13-8(12)6(9-2)4-5-7(10)11/h6,9H,3-5H2,1-2H3,(H,10,11)/t6-/m0/s1. The van der Waals surface area contributed by atoms with Crippen LogP contribution in [0.4, 0.5) is 0 Å². The van der Waals surface area contributed by atoms with Crippen LogP contribution in [0.15, 0.2) is 0 Å². The monoisotopic (exact) mass is 189 g/mol. The Balaban J connectivity index is 3.87. The molecule has 0 rings (SSSR count). The fourth-order valence-corrected chi connectivity index (χ4v) is 0.891. The van der Waals surface area contributed by atoms with Crippen molar-refractivity contribution in [2.75, 3.05) is 13.7 Å². The molecule has 0 fully saturated rings. The van der Waals surface area contributed by atoms with Crippen LogP contribution >= 0.6 is 0 Å². The van der Waals surface area contributed by atoms with Crippen LogP contribution in [0.1, 0.15) is 19.8 Å². The zero-order valence-electron chi connectivity index (χ0n) is 7.87. The van der Waals surface area contributed by atoms with Gasteiger partial charge in [-0.15, -0.1) is 0 Å². The van der Waals surface area contributed by atoms with Gasteiger partial charge in [0.25, 0.3) is 0 Å². The second kappa shape index (κ2) is 6.42. The Kier molecular flexibility index (Phi) is 5.88. The first kappa shape index (κ1) is 11.9. The summed E-state index contributed by atoms with van der Waals surface area (Å²) in [6.07, 6.45) is 0.217. The molecule has 0 aliphatic carbocycles. The summed E-state index contributed by atoms with van der Waals surface area (Å²) in [6, 6.07) is -0.518. The maximum absolute atomic E-state index is 11.1. The molecule has 0 amide bonds. The first-order valence-corrected chi connectivity index (χ1v) is 4.17. The van der Waals surface area contributed by atoms with Gasteiger partial charge in [-0.1, -0.05) is 0 Å². The van der Waals surface area contributed by atoms with Crippen LogP contribution in [0.3, 0.4) is 0 Å². The quantitative estimate of drug-likeness (QED) is 0.575. The Morgan fingerprint density at radius 3 is 2.54 bits per heavy atom. The first-order valence-electron chi connectivity index (χ1n) is 4.17. The molecule has 0 saturated carbocycles. The molecule has 1 atom stereocenters. The molecule has 13 heavy (non-hydrogen) atoms. The zero-order chi connectivity index (χ0) is 10.3. The Labute approximate surface area is 77.1 Å². The second-order valence-electron chi connectivity index (χ2n) is 2.53. The molecule has 0 heterocycles. The summed E-state index contributed by atoms with van der Waals surface area (Å²) in [7, 11) is 1.60. The van der Waals surface area contributed by atoms with Crippen LogP contribution in [0, 0.1) is 0 Å². The number of likely N-dealkylation sites (N-methyl/N-ethyl adjacent to an activating group) is 1. The summed E-state index contributed by atoms with van der Waals surface area (Å²) < 4.78 is 4.73. The molecular weight excluding hydrogens is 174 g/mol. The summed E-state index contributed by atoms with van der Waals surface area (Å²) in [4.78, 5) is 21.3. The highest BCUT2D eigenvalue weighted by molar-refractivity contribution is 5.76. The molecule has 5 nitrogen and oxygen atoms in total. The van der Waals surface area contributed by atoms with Gasteiger partial charge >= 0.3 is 11.9 Å². The lowest BCUT2D eigenvalue weighted by atomic mass is 10.1. The molecule has 2 N–H and O–H groups in total. The number of aliphatic carboxylic acids is 1. The van der Waals surface area contributed by atoms with Crippen molar-refractivity contribution in [1.29, 1.82) is 0 Å². The predicted molar refractivity (Wildman–Crippen MR) is 46.4 cm³/mol. The lowest BCUT2D eigenvalue weighted by molar-refractivity contribution is -0.146. The van der Waals surface area contributed by atoms with E-state index in [-0.39, 0.29) is 12.8 Å². The summed E-state index contributed by atoms with van der Waals surface area (Å²) in [6.45, 7) is 2.02. The summed E-state index contributed by atoms with van der Waals surface area (Å²) in [5.74, 6) is -1.31. The van der Waals surface area contributed by atoms with Crippen LogP contribution in [-0.2, 0) is 14.3 Å². The average molecular weight is 189 g/mol. The van der Waals surface area contributed by atoms with E-state index in [0.29, 0.717) is 6.61 Å². The molecule has 0 radical (unpaired) electrons. The molecular formula is C8H15NO4. The molecule has 0 bridgehead atoms. The number of carboxylic acid groups (broad SMARTS) is 1. The van der Waals surface area contributed by atoms with E-state index in [1.165, 1.54) is 0 Å². The SMILES string of the molecule is CCOC(=O)[C@H](CCC(=O)O)NC. The number of nitrogens with one attached hydrogen (secondary N) is 1. The van der Waals surface area contributed by atoms with Gasteiger partial charge < -0.3 is 15.2 Å². The van der Waals surface area contributed by atoms with Gasteiger partial charge in [-0.2, -0.15) is 0 Å². The number of rotatable bonds is 6. The molecule has 5 heteroatoms. The van der Waals surface area contributed by atoms with Crippen molar-refractivity contribution < 1.29 is 19.4 Å². The van der Waals surface area contributed by atoms with Gasteiger partial charge in [-0.25, -0.2) is 0 Å². The number of carbonyl (C=O) groups is 2. The third-order valence-corrected chi connectivity index (χ3v) is 1.57. The van der Waals surface area contributed by atoms with E-state index in [0.717, 1.165) is 0 Å². The molecule has 0 aromatic heterocycles. The normalized spacial score (nSPS) is 12.2. The van der Waals surface area contributed by atoms with E-state index in [2.05, 4.69) is 5.32 Å². The van der Waals surface area contributed by atoms with Crippen LogP contribution in [-0.4, -0.2) is 36.7 Å². The van der Waals surface area contributed by atoms with Crippen LogP contribution in [0.2, 0.25) is 0 Å². The van der Waals surface area contributed by atoms with Gasteiger partial charge in [-0.05, 0) is 20.4 Å². The molecule has 0 spiro atoms. The highest BCUT2D eigenvalue weighted by Crippen LogP contribution is 1.99. The molecule has 0 aromatic rings. The van der Waals surface area contributed by atoms with E-state index in [1.54, 1.807) is 14.0 Å². The number of ether oxygens (including phenoxy) is 1. The molecule has 76 valence electrons. The van der Waals surface area contributed by atoms with Gasteiger partial charge in [0.05, 0.1) is 6.61 Å². The topological polar surface area (TPSA) is 75.6 Å². The van der Waals surface area contributed by atoms with E-state index in [4.69, 9.17) is 9.84 Å². The van der Waals surface area contributed by atoms with Crippen molar-refractivity contribution in [2.24, 2.45) is 0 Å². The van der Waals surface area contributed by atoms with Gasteiger partial charge in [0.15, 0.2) is 0 Å². The molecule has 0 aliphatic rings. The van der Waals surface area contributed by atoms with E-state index in [9.17, 15) is 9.59 Å². The first-order chi connectivity index (χ1) is 6.11. The lowest BCUT2D eigenvalue weighted by Gasteiger charge is -2.12. The molecule has 0 unspecified atom stereocenters. The molecule has 0 saturated heterocycles. The van der Waals surface area contributed by atoms with E-state index in [1.807, 2.05) is 0 Å². The van der Waals surface area contributed by atoms with Crippen LogP contribution in [0.5, 0.6) is 0 Å². The van der Waals surface area contributed by atoms with Crippen LogP contribution in [0.25, 0.3) is 0 Å². The number of carboxylic acids is 1. The zero-order valence-corrected chi connectivity index (χ0v) is 7.87. The highest BCUT2D eigenvalue weighted by Gasteiger charge is 2.18. The fourth-order valence-electron chi connectivity index (χ4n) is 0.891. The average Bonchev–Trinajstić information content (AvgIpc) is 2.05. The molecule has 0 aromatic carbocycles. The summed E-state index contributed by atoms with van der Waals surface area (Å²) in [5.41, 5.74) is 0. The highest BCUT2D eigenvalue weighted by atomic mass is 16.5. The third kappa shape index (κ3) is 5.19. The van der Waals surface area contributed by atoms with Crippen molar-refractivity contribution in [3.05, 3.63) is 0 Å². The number of hydrogen-bond acceptors (Lipinski definition) is 4. The Hall–Kier alpha value is -1.10. The lowest BCUT2D eigenvalue weighted by Crippen LogP contribution is -2.36. The largest absolute Gasteiger partial charge is 0.481 e. The number of carbonyl (C=O) groups excluding carboxylic acids is 1. The summed E-state index contributed by atoms with van der Waals surface area (Å²) >= 11 is 0. The fraction of sp³-hybridized carbons (Fsp3) is 0.750. The summed E-state index contributed by atoms with van der Waals surface area (Å²) in [5, 5.41) is 11.1. The Morgan fingerprint density at radius 1 is 1.54 bits per heavy atom. The van der Waals surface area contributed by atoms with Crippen molar-refractivity contribution in [3.8, 4) is 0 Å². The molecule has 0 aliphatic heterocycles. The Bertz CT molecular complexity index is 181. The van der Waals surface area contributed by atoms with Crippen LogP contribution < -0.4 is 5.32 Å². The predicted octanol–water partition coefficient (Wildman–Crippen LogP) is 0.00230. The smallest absolute Gasteiger partial charge is 0.323 e. The van der Waals surface area contributed by atoms with Gasteiger partial charge in [0.2, 0.25) is 0 Å². The number of esters is 1. The van der Waals surface area contributed by atoms with Gasteiger partial charge in [0.1, 0.15) is 6.04 Å². The van der Waals surface area contributed by atoms with Crippen molar-refractivity contribution in [2.45, 2.75) is 25.8 Å². The van der Waals surface area contributed by atoms with Crippen molar-refractivity contribution in [1.82, 2.24) is 5.32 Å².